The lowest BCUT2D eigenvalue weighted by molar-refractivity contribution is 0.320. The maximum absolute atomic E-state index is 4.64. The first kappa shape index (κ1) is 15.8. The molecule has 7 heteroatoms. The van der Waals surface area contributed by atoms with Crippen LogP contribution in [0.5, 0.6) is 0 Å². The van der Waals surface area contributed by atoms with Gasteiger partial charge in [0.2, 0.25) is 0 Å². The van der Waals surface area contributed by atoms with Crippen LogP contribution in [-0.2, 0) is 0 Å². The summed E-state index contributed by atoms with van der Waals surface area (Å²) in [5.41, 5.74) is 8.32. The summed E-state index contributed by atoms with van der Waals surface area (Å²) < 4.78 is 2.09. The van der Waals surface area contributed by atoms with E-state index < -0.39 is 0 Å². The van der Waals surface area contributed by atoms with Gasteiger partial charge in [-0.15, -0.1) is 0 Å². The van der Waals surface area contributed by atoms with Crippen LogP contribution >= 0.6 is 0 Å². The van der Waals surface area contributed by atoms with E-state index in [1.165, 1.54) is 5.57 Å². The quantitative estimate of drug-likeness (QED) is 0.587. The second-order valence-electron chi connectivity index (χ2n) is 6.54. The number of fused-ring (bicyclic) bond motifs is 2. The number of rotatable bonds is 3. The molecule has 0 saturated heterocycles. The van der Waals surface area contributed by atoms with Crippen LogP contribution in [0.2, 0.25) is 0 Å². The average molecular weight is 357 g/mol. The average Bonchev–Trinajstić information content (AvgIpc) is 3.13. The third-order valence-electron chi connectivity index (χ3n) is 4.76. The van der Waals surface area contributed by atoms with Gasteiger partial charge in [-0.05, 0) is 36.3 Å². The molecule has 1 aromatic carbocycles. The zero-order chi connectivity index (χ0) is 18.2. The fourth-order valence-electron chi connectivity index (χ4n) is 3.49. The maximum Gasteiger partial charge on any atom is 0.180 e. The highest BCUT2D eigenvalue weighted by molar-refractivity contribution is 5.93. The Labute approximate surface area is 156 Å². The Morgan fingerprint density at radius 3 is 2.96 bits per heavy atom. The van der Waals surface area contributed by atoms with E-state index in [0.717, 1.165) is 46.7 Å². The van der Waals surface area contributed by atoms with Crippen molar-refractivity contribution in [1.29, 1.82) is 0 Å². The van der Waals surface area contributed by atoms with Crippen molar-refractivity contribution in [3.05, 3.63) is 67.0 Å². The Morgan fingerprint density at radius 2 is 2.04 bits per heavy atom. The molecule has 0 aliphatic carbocycles. The number of hydrogen-bond acceptors (Lipinski definition) is 6. The second kappa shape index (κ2) is 6.37. The maximum atomic E-state index is 4.64. The lowest BCUT2D eigenvalue weighted by Gasteiger charge is -2.23. The summed E-state index contributed by atoms with van der Waals surface area (Å²) in [5.74, 6) is 0.725. The third kappa shape index (κ3) is 2.78. The first-order valence-electron chi connectivity index (χ1n) is 8.90. The Bertz CT molecular complexity index is 1160. The number of nitrogens with one attached hydrogen (secondary N) is 2. The van der Waals surface area contributed by atoms with Gasteiger partial charge in [-0.1, -0.05) is 6.07 Å². The van der Waals surface area contributed by atoms with Gasteiger partial charge in [-0.25, -0.2) is 15.4 Å². The van der Waals surface area contributed by atoms with E-state index in [2.05, 4.69) is 42.4 Å². The molecule has 3 aromatic heterocycles. The van der Waals surface area contributed by atoms with Crippen LogP contribution in [0, 0.1) is 0 Å². The minimum atomic E-state index is 0.725. The van der Waals surface area contributed by atoms with Crippen molar-refractivity contribution in [2.45, 2.75) is 6.42 Å². The zero-order valence-electron chi connectivity index (χ0n) is 14.9. The van der Waals surface area contributed by atoms with Crippen molar-refractivity contribution >= 4 is 33.6 Å². The van der Waals surface area contributed by atoms with Gasteiger partial charge < -0.3 is 10.3 Å². The van der Waals surface area contributed by atoms with Gasteiger partial charge in [-0.3, -0.25) is 9.38 Å². The number of nitrogens with zero attached hydrogens (tertiary/aromatic N) is 5. The highest BCUT2D eigenvalue weighted by atomic mass is 15.5. The normalized spacial score (nSPS) is 14.6. The molecule has 0 unspecified atom stereocenters. The molecular formula is C20H19N7. The van der Waals surface area contributed by atoms with Crippen molar-refractivity contribution in [2.75, 3.05) is 18.9 Å². The fourth-order valence-corrected chi connectivity index (χ4v) is 3.49. The summed E-state index contributed by atoms with van der Waals surface area (Å²) >= 11 is 0. The molecule has 0 fully saturated rings. The Kier molecular flexibility index (Phi) is 3.72. The SMILES string of the molecule is CN1C=C(c2cnc3c(Nc4cccc5ncccc45)nccn23)CCN1. The van der Waals surface area contributed by atoms with Crippen molar-refractivity contribution in [2.24, 2.45) is 0 Å². The molecule has 0 saturated carbocycles. The second-order valence-corrected chi connectivity index (χ2v) is 6.54. The first-order valence-corrected chi connectivity index (χ1v) is 8.90. The lowest BCUT2D eigenvalue weighted by atomic mass is 10.1. The molecule has 4 aromatic rings. The summed E-state index contributed by atoms with van der Waals surface area (Å²) in [6.45, 7) is 0.911. The molecule has 27 heavy (non-hydrogen) atoms. The highest BCUT2D eigenvalue weighted by Gasteiger charge is 2.15. The molecule has 1 aliphatic rings. The van der Waals surface area contributed by atoms with E-state index in [9.17, 15) is 0 Å². The summed E-state index contributed by atoms with van der Waals surface area (Å²) in [4.78, 5) is 13.6. The van der Waals surface area contributed by atoms with E-state index in [1.807, 2.05) is 48.7 Å². The van der Waals surface area contributed by atoms with Gasteiger partial charge in [-0.2, -0.15) is 0 Å². The molecule has 4 heterocycles. The number of aromatic nitrogens is 4. The van der Waals surface area contributed by atoms with Gasteiger partial charge >= 0.3 is 0 Å². The Morgan fingerprint density at radius 1 is 1.07 bits per heavy atom. The molecule has 0 bridgehead atoms. The largest absolute Gasteiger partial charge is 0.337 e. The van der Waals surface area contributed by atoms with Gasteiger partial charge in [0.1, 0.15) is 0 Å². The zero-order valence-corrected chi connectivity index (χ0v) is 14.9. The predicted octanol–water partition coefficient (Wildman–Crippen LogP) is 3.20. The molecule has 2 N–H and O–H groups in total. The van der Waals surface area contributed by atoms with Gasteiger partial charge in [0.25, 0.3) is 0 Å². The minimum Gasteiger partial charge on any atom is -0.337 e. The topological polar surface area (TPSA) is 70.4 Å². The van der Waals surface area contributed by atoms with Crippen LogP contribution < -0.4 is 10.7 Å². The molecular weight excluding hydrogens is 338 g/mol. The van der Waals surface area contributed by atoms with Gasteiger partial charge in [0.15, 0.2) is 11.5 Å². The molecule has 0 amide bonds. The van der Waals surface area contributed by atoms with E-state index in [1.54, 1.807) is 12.4 Å². The molecule has 5 rings (SSSR count). The standard InChI is InChI=1S/C20H19N7/c1-26-13-14(7-9-24-26)18-12-23-20-19(22-10-11-27(18)20)25-17-6-2-5-16-15(17)4-3-8-21-16/h2-6,8,10-13,24H,7,9H2,1H3,(H,22,25). The highest BCUT2D eigenvalue weighted by Crippen LogP contribution is 2.28. The van der Waals surface area contributed by atoms with Crippen LogP contribution in [0.15, 0.2) is 61.3 Å². The number of anilines is 2. The van der Waals surface area contributed by atoms with Crippen LogP contribution in [0.4, 0.5) is 11.5 Å². The van der Waals surface area contributed by atoms with Gasteiger partial charge in [0, 0.05) is 49.5 Å². The van der Waals surface area contributed by atoms with Crippen molar-refractivity contribution in [3.8, 4) is 0 Å². The Balaban J connectivity index is 1.58. The smallest absolute Gasteiger partial charge is 0.180 e. The van der Waals surface area contributed by atoms with E-state index in [-0.39, 0.29) is 0 Å². The van der Waals surface area contributed by atoms with E-state index in [4.69, 9.17) is 0 Å². The minimum absolute atomic E-state index is 0.725. The third-order valence-corrected chi connectivity index (χ3v) is 4.76. The number of hydrogen-bond donors (Lipinski definition) is 2. The molecule has 0 atom stereocenters. The summed E-state index contributed by atoms with van der Waals surface area (Å²) in [6, 6.07) is 10.0. The van der Waals surface area contributed by atoms with Crippen molar-refractivity contribution < 1.29 is 0 Å². The lowest BCUT2D eigenvalue weighted by Crippen LogP contribution is -2.34. The summed E-state index contributed by atoms with van der Waals surface area (Å²) in [7, 11) is 2.01. The molecule has 0 spiro atoms. The Hall–Kier alpha value is -3.45. The van der Waals surface area contributed by atoms with Crippen LogP contribution in [0.25, 0.3) is 22.1 Å². The summed E-state index contributed by atoms with van der Waals surface area (Å²) in [6.07, 6.45) is 10.5. The number of imidazole rings is 1. The van der Waals surface area contributed by atoms with E-state index in [0.29, 0.717) is 0 Å². The van der Waals surface area contributed by atoms with Crippen molar-refractivity contribution in [3.63, 3.8) is 0 Å². The number of hydrazine groups is 1. The van der Waals surface area contributed by atoms with E-state index >= 15 is 0 Å². The number of benzene rings is 1. The predicted molar refractivity (Wildman–Crippen MR) is 106 cm³/mol. The van der Waals surface area contributed by atoms with Crippen molar-refractivity contribution in [1.82, 2.24) is 29.8 Å². The van der Waals surface area contributed by atoms with Gasteiger partial charge in [0.05, 0.1) is 17.4 Å². The summed E-state index contributed by atoms with van der Waals surface area (Å²) in [5, 5.41) is 6.48. The number of pyridine rings is 1. The molecule has 134 valence electrons. The van der Waals surface area contributed by atoms with Crippen LogP contribution in [0.1, 0.15) is 12.1 Å². The van der Waals surface area contributed by atoms with Crippen LogP contribution in [0.3, 0.4) is 0 Å². The molecule has 0 radical (unpaired) electrons. The monoisotopic (exact) mass is 357 g/mol. The molecule has 7 nitrogen and oxygen atoms in total. The fraction of sp³-hybridized carbons (Fsp3) is 0.150. The first-order chi connectivity index (χ1) is 13.3. The molecule has 1 aliphatic heterocycles. The van der Waals surface area contributed by atoms with Crippen LogP contribution in [-0.4, -0.2) is 38.0 Å².